The fourth-order valence-electron chi connectivity index (χ4n) is 0.924. The first kappa shape index (κ1) is 12.2. The molecule has 0 aliphatic carbocycles. The van der Waals surface area contributed by atoms with E-state index in [-0.39, 0.29) is 5.75 Å². The van der Waals surface area contributed by atoms with E-state index in [1.807, 2.05) is 5.32 Å². The van der Waals surface area contributed by atoms with Gasteiger partial charge in [-0.1, -0.05) is 17.8 Å². The van der Waals surface area contributed by atoms with Crippen LogP contribution in [0.5, 0.6) is 0 Å². The minimum absolute atomic E-state index is 0.0543. The molecule has 16 heavy (non-hydrogen) atoms. The number of thioether (sulfide) groups is 1. The quantitative estimate of drug-likeness (QED) is 0.546. The lowest BCUT2D eigenvalue weighted by atomic mass is 10.6. The number of primary amides is 1. The van der Waals surface area contributed by atoms with E-state index < -0.39 is 11.9 Å². The molecular formula is C8H11N5O2S. The molecule has 0 aromatic carbocycles. The van der Waals surface area contributed by atoms with Gasteiger partial charge in [-0.05, 0) is 0 Å². The summed E-state index contributed by atoms with van der Waals surface area (Å²) in [6.07, 6.45) is 3.23. The number of hydrogen-bond donors (Lipinski definition) is 2. The molecule has 3 amide bonds. The summed E-state index contributed by atoms with van der Waals surface area (Å²) < 4.78 is 1.73. The second-order valence-electron chi connectivity index (χ2n) is 2.76. The predicted octanol–water partition coefficient (Wildman–Crippen LogP) is -0.249. The van der Waals surface area contributed by atoms with E-state index in [0.29, 0.717) is 11.7 Å². The van der Waals surface area contributed by atoms with Crippen LogP contribution in [-0.2, 0) is 11.3 Å². The molecule has 0 radical (unpaired) electrons. The molecule has 0 fully saturated rings. The number of nitrogens with two attached hydrogens (primary N) is 1. The Morgan fingerprint density at radius 2 is 2.44 bits per heavy atom. The molecule has 0 aliphatic rings. The number of aromatic nitrogens is 3. The van der Waals surface area contributed by atoms with Crippen LogP contribution in [0, 0.1) is 0 Å². The highest BCUT2D eigenvalue weighted by molar-refractivity contribution is 7.99. The summed E-state index contributed by atoms with van der Waals surface area (Å²) in [5.74, 6) is -0.413. The highest BCUT2D eigenvalue weighted by atomic mass is 32.2. The van der Waals surface area contributed by atoms with Gasteiger partial charge in [0, 0.05) is 6.54 Å². The van der Waals surface area contributed by atoms with Crippen molar-refractivity contribution < 1.29 is 9.59 Å². The summed E-state index contributed by atoms with van der Waals surface area (Å²) >= 11 is 1.17. The number of allylic oxidation sites excluding steroid dienone is 1. The van der Waals surface area contributed by atoms with E-state index in [0.717, 1.165) is 0 Å². The minimum atomic E-state index is -0.863. The number of amides is 3. The Hall–Kier alpha value is -1.83. The predicted molar refractivity (Wildman–Crippen MR) is 58.7 cm³/mol. The maximum atomic E-state index is 11.1. The molecule has 0 unspecified atom stereocenters. The van der Waals surface area contributed by atoms with Crippen molar-refractivity contribution in [2.24, 2.45) is 5.73 Å². The number of urea groups is 1. The summed E-state index contributed by atoms with van der Waals surface area (Å²) in [4.78, 5) is 21.5. The van der Waals surface area contributed by atoms with Crippen LogP contribution in [0.3, 0.4) is 0 Å². The third kappa shape index (κ3) is 3.73. The third-order valence-electron chi connectivity index (χ3n) is 1.50. The molecule has 0 saturated heterocycles. The molecule has 86 valence electrons. The van der Waals surface area contributed by atoms with Gasteiger partial charge in [0.2, 0.25) is 5.91 Å². The molecule has 0 aliphatic heterocycles. The van der Waals surface area contributed by atoms with Gasteiger partial charge in [-0.15, -0.1) is 16.8 Å². The Balaban J connectivity index is 2.47. The van der Waals surface area contributed by atoms with Crippen molar-refractivity contribution in [2.75, 3.05) is 5.75 Å². The number of carbonyl (C=O) groups excluding carboxylic acids is 2. The fraction of sp³-hybridized carbons (Fsp3) is 0.250. The molecule has 0 saturated carbocycles. The lowest BCUT2D eigenvalue weighted by Crippen LogP contribution is -2.36. The summed E-state index contributed by atoms with van der Waals surface area (Å²) in [5, 5.41) is 10.1. The molecular weight excluding hydrogens is 230 g/mol. The molecule has 3 N–H and O–H groups in total. The SMILES string of the molecule is C=CCn1cnnc1SCC(=O)NC(N)=O. The van der Waals surface area contributed by atoms with E-state index in [9.17, 15) is 9.59 Å². The van der Waals surface area contributed by atoms with Crippen LogP contribution in [0.15, 0.2) is 24.1 Å². The number of hydrogen-bond acceptors (Lipinski definition) is 5. The van der Waals surface area contributed by atoms with Crippen LogP contribution in [0.2, 0.25) is 0 Å². The van der Waals surface area contributed by atoms with Crippen molar-refractivity contribution in [3.63, 3.8) is 0 Å². The van der Waals surface area contributed by atoms with Gasteiger partial charge in [0.25, 0.3) is 0 Å². The van der Waals surface area contributed by atoms with Crippen molar-refractivity contribution in [1.29, 1.82) is 0 Å². The van der Waals surface area contributed by atoms with Crippen molar-refractivity contribution in [3.8, 4) is 0 Å². The average Bonchev–Trinajstić information content (AvgIpc) is 2.62. The van der Waals surface area contributed by atoms with Crippen molar-refractivity contribution in [2.45, 2.75) is 11.7 Å². The van der Waals surface area contributed by atoms with Crippen LogP contribution in [-0.4, -0.2) is 32.5 Å². The number of rotatable bonds is 5. The van der Waals surface area contributed by atoms with Crippen LogP contribution >= 0.6 is 11.8 Å². The molecule has 1 aromatic rings. The molecule has 1 rings (SSSR count). The standard InChI is InChI=1S/C8H11N5O2S/c1-2-3-13-5-10-12-8(13)16-4-6(14)11-7(9)15/h2,5H,1,3-4H2,(H3,9,11,14,15). The van der Waals surface area contributed by atoms with Gasteiger partial charge in [0.15, 0.2) is 5.16 Å². The van der Waals surface area contributed by atoms with E-state index in [1.54, 1.807) is 10.6 Å². The molecule has 0 bridgehead atoms. The van der Waals surface area contributed by atoms with Gasteiger partial charge in [-0.25, -0.2) is 4.79 Å². The molecule has 1 aromatic heterocycles. The molecule has 0 spiro atoms. The minimum Gasteiger partial charge on any atom is -0.351 e. The zero-order valence-corrected chi connectivity index (χ0v) is 9.24. The van der Waals surface area contributed by atoms with Crippen LogP contribution in [0.25, 0.3) is 0 Å². The fourth-order valence-corrected chi connectivity index (χ4v) is 1.65. The Morgan fingerprint density at radius 3 is 3.06 bits per heavy atom. The Kier molecular flexibility index (Phi) is 4.52. The van der Waals surface area contributed by atoms with Gasteiger partial charge in [0.1, 0.15) is 6.33 Å². The van der Waals surface area contributed by atoms with Gasteiger partial charge in [-0.3, -0.25) is 10.1 Å². The zero-order valence-electron chi connectivity index (χ0n) is 8.42. The van der Waals surface area contributed by atoms with E-state index >= 15 is 0 Å². The number of nitrogens with zero attached hydrogens (tertiary/aromatic N) is 3. The van der Waals surface area contributed by atoms with E-state index in [1.165, 1.54) is 18.1 Å². The van der Waals surface area contributed by atoms with Crippen LogP contribution in [0.4, 0.5) is 4.79 Å². The van der Waals surface area contributed by atoms with Gasteiger partial charge in [0.05, 0.1) is 5.75 Å². The number of nitrogens with one attached hydrogen (secondary N) is 1. The van der Waals surface area contributed by atoms with Gasteiger partial charge in [-0.2, -0.15) is 0 Å². The first-order chi connectivity index (χ1) is 7.63. The lowest BCUT2D eigenvalue weighted by Gasteiger charge is -2.02. The summed E-state index contributed by atoms with van der Waals surface area (Å²) in [6.45, 7) is 4.15. The maximum absolute atomic E-state index is 11.1. The Labute approximate surface area is 96.1 Å². The number of imide groups is 1. The van der Waals surface area contributed by atoms with E-state index in [2.05, 4.69) is 16.8 Å². The molecule has 7 nitrogen and oxygen atoms in total. The van der Waals surface area contributed by atoms with Crippen LogP contribution < -0.4 is 11.1 Å². The topological polar surface area (TPSA) is 103 Å². The van der Waals surface area contributed by atoms with Gasteiger partial charge >= 0.3 is 6.03 Å². The Bertz CT molecular complexity index is 403. The van der Waals surface area contributed by atoms with Gasteiger partial charge < -0.3 is 10.3 Å². The smallest absolute Gasteiger partial charge is 0.318 e. The first-order valence-corrected chi connectivity index (χ1v) is 5.33. The summed E-state index contributed by atoms with van der Waals surface area (Å²) in [6, 6.07) is -0.863. The average molecular weight is 241 g/mol. The number of carbonyl (C=O) groups is 2. The lowest BCUT2D eigenvalue weighted by molar-refractivity contribution is -0.117. The summed E-state index contributed by atoms with van der Waals surface area (Å²) in [5.41, 5.74) is 4.79. The largest absolute Gasteiger partial charge is 0.351 e. The molecule has 8 heteroatoms. The Morgan fingerprint density at radius 1 is 1.69 bits per heavy atom. The van der Waals surface area contributed by atoms with Crippen molar-refractivity contribution in [3.05, 3.63) is 19.0 Å². The van der Waals surface area contributed by atoms with Crippen molar-refractivity contribution >= 4 is 23.7 Å². The van der Waals surface area contributed by atoms with E-state index in [4.69, 9.17) is 5.73 Å². The highest BCUT2D eigenvalue weighted by Crippen LogP contribution is 2.13. The van der Waals surface area contributed by atoms with Crippen LogP contribution in [0.1, 0.15) is 0 Å². The highest BCUT2D eigenvalue weighted by Gasteiger charge is 2.08. The molecule has 0 atom stereocenters. The second-order valence-corrected chi connectivity index (χ2v) is 3.70. The molecule has 1 heterocycles. The first-order valence-electron chi connectivity index (χ1n) is 4.34. The summed E-state index contributed by atoms with van der Waals surface area (Å²) in [7, 11) is 0. The van der Waals surface area contributed by atoms with Crippen molar-refractivity contribution in [1.82, 2.24) is 20.1 Å². The monoisotopic (exact) mass is 241 g/mol. The third-order valence-corrected chi connectivity index (χ3v) is 2.48. The maximum Gasteiger partial charge on any atom is 0.318 e. The normalized spacial score (nSPS) is 9.75. The second kappa shape index (κ2) is 5.91. The zero-order chi connectivity index (χ0) is 12.0.